The van der Waals surface area contributed by atoms with Crippen LogP contribution in [0.5, 0.6) is 5.75 Å². The molecule has 9 nitrogen and oxygen atoms in total. The summed E-state index contributed by atoms with van der Waals surface area (Å²) in [6.45, 7) is 10.7. The van der Waals surface area contributed by atoms with Crippen LogP contribution in [0.1, 0.15) is 70.4 Å². The zero-order chi connectivity index (χ0) is 30.4. The van der Waals surface area contributed by atoms with E-state index in [0.717, 1.165) is 29.4 Å². The maximum absolute atomic E-state index is 14.1. The largest absolute Gasteiger partial charge is 0.491 e. The smallest absolute Gasteiger partial charge is 0.323 e. The molecule has 2 amide bonds. The summed E-state index contributed by atoms with van der Waals surface area (Å²) in [5, 5.41) is 15.9. The van der Waals surface area contributed by atoms with Crippen LogP contribution < -0.4 is 26.7 Å². The van der Waals surface area contributed by atoms with E-state index in [0.29, 0.717) is 40.4 Å². The van der Waals surface area contributed by atoms with Crippen molar-refractivity contribution in [2.24, 2.45) is 0 Å². The summed E-state index contributed by atoms with van der Waals surface area (Å²) in [4.78, 5) is 32.4. The zero-order valence-electron chi connectivity index (χ0n) is 25.4. The topological polar surface area (TPSA) is 132 Å². The molecular formula is C33H42ClN5O4. The van der Waals surface area contributed by atoms with Gasteiger partial charge in [-0.2, -0.15) is 0 Å². The number of carbonyl (C=O) groups excluding carboxylic acids is 1. The van der Waals surface area contributed by atoms with E-state index in [-0.39, 0.29) is 48.7 Å². The number of nitrogens with two attached hydrogens (primary N) is 1. The second-order valence-electron chi connectivity index (χ2n) is 11.0. The first kappa shape index (κ1) is 33.4. The van der Waals surface area contributed by atoms with E-state index in [2.05, 4.69) is 50.2 Å². The molecule has 0 radical (unpaired) electrons. The lowest BCUT2D eigenvalue weighted by Crippen LogP contribution is -2.30. The first-order valence-electron chi connectivity index (χ1n) is 14.5. The highest BCUT2D eigenvalue weighted by atomic mass is 35.5. The van der Waals surface area contributed by atoms with Crippen LogP contribution in [0.3, 0.4) is 0 Å². The zero-order valence-corrected chi connectivity index (χ0v) is 26.3. The van der Waals surface area contributed by atoms with Gasteiger partial charge in [0.05, 0.1) is 6.61 Å². The minimum absolute atomic E-state index is 0. The van der Waals surface area contributed by atoms with Crippen molar-refractivity contribution in [1.82, 2.24) is 9.55 Å². The van der Waals surface area contributed by atoms with Crippen LogP contribution in [0.15, 0.2) is 59.5 Å². The van der Waals surface area contributed by atoms with Gasteiger partial charge in [-0.05, 0) is 71.3 Å². The molecule has 0 bridgehead atoms. The first-order valence-corrected chi connectivity index (χ1v) is 14.5. The van der Waals surface area contributed by atoms with Gasteiger partial charge in [-0.1, -0.05) is 53.2 Å². The van der Waals surface area contributed by atoms with E-state index in [9.17, 15) is 14.7 Å². The van der Waals surface area contributed by atoms with Crippen LogP contribution in [0.4, 0.5) is 21.9 Å². The predicted octanol–water partition coefficient (Wildman–Crippen LogP) is 7.13. The molecule has 2 heterocycles. The lowest BCUT2D eigenvalue weighted by atomic mass is 9.92. The van der Waals surface area contributed by atoms with Gasteiger partial charge in [0.2, 0.25) is 0 Å². The molecule has 0 unspecified atom stereocenters. The number of nitrogens with zero attached hydrogens (tertiary/aromatic N) is 2. The number of ether oxygens (including phenoxy) is 1. The average Bonchev–Trinajstić information content (AvgIpc) is 2.96. The molecule has 5 N–H and O–H groups in total. The molecule has 10 heteroatoms. The van der Waals surface area contributed by atoms with Crippen molar-refractivity contribution < 1.29 is 14.6 Å². The Bertz CT molecular complexity index is 1600. The first-order chi connectivity index (χ1) is 20.2. The second-order valence-corrected chi connectivity index (χ2v) is 11.0. The molecule has 43 heavy (non-hydrogen) atoms. The summed E-state index contributed by atoms with van der Waals surface area (Å²) in [7, 11) is 0. The average molecular weight is 608 g/mol. The number of carbonyl (C=O) groups is 1. The van der Waals surface area contributed by atoms with Gasteiger partial charge < -0.3 is 26.2 Å². The molecule has 0 saturated heterocycles. The number of rotatable bonds is 11. The number of benzene rings is 2. The van der Waals surface area contributed by atoms with E-state index in [1.807, 2.05) is 36.4 Å². The molecule has 0 aliphatic carbocycles. The normalized spacial score (nSPS) is 11.1. The van der Waals surface area contributed by atoms with E-state index >= 15 is 0 Å². The summed E-state index contributed by atoms with van der Waals surface area (Å²) in [6, 6.07) is 14.2. The van der Waals surface area contributed by atoms with Crippen LogP contribution in [-0.4, -0.2) is 33.9 Å². The SMILES string of the molecule is CCCCn1c(=O)c(NC(=O)Nc2c(C(C)C)cc(N)cc2C(C)C)c(-c2cccc(OCCO)c2)c2cccnc21.Cl. The number of anilines is 3. The minimum Gasteiger partial charge on any atom is -0.491 e. The highest BCUT2D eigenvalue weighted by Crippen LogP contribution is 2.37. The predicted molar refractivity (Wildman–Crippen MR) is 178 cm³/mol. The molecule has 0 aliphatic heterocycles. The van der Waals surface area contributed by atoms with Gasteiger partial charge in [0.1, 0.15) is 23.7 Å². The molecule has 0 atom stereocenters. The third-order valence-corrected chi connectivity index (χ3v) is 7.18. The monoisotopic (exact) mass is 607 g/mol. The second kappa shape index (κ2) is 14.9. The number of hydrogen-bond acceptors (Lipinski definition) is 6. The number of aryl methyl sites for hydroxylation is 1. The molecular weight excluding hydrogens is 566 g/mol. The summed E-state index contributed by atoms with van der Waals surface area (Å²) in [5.41, 5.74) is 11.0. The van der Waals surface area contributed by atoms with Gasteiger partial charge in [-0.3, -0.25) is 9.36 Å². The number of nitrogen functional groups attached to an aromatic ring is 1. The Hall–Kier alpha value is -4.08. The molecule has 0 saturated carbocycles. The Balaban J connectivity index is 0.00000506. The highest BCUT2D eigenvalue weighted by Gasteiger charge is 2.23. The molecule has 4 rings (SSSR count). The number of halogens is 1. The van der Waals surface area contributed by atoms with Gasteiger partial charge in [-0.15, -0.1) is 12.4 Å². The molecule has 0 spiro atoms. The van der Waals surface area contributed by atoms with Crippen molar-refractivity contribution in [3.05, 3.63) is 76.2 Å². The van der Waals surface area contributed by atoms with Gasteiger partial charge >= 0.3 is 6.03 Å². The van der Waals surface area contributed by atoms with E-state index < -0.39 is 6.03 Å². The van der Waals surface area contributed by atoms with Crippen LogP contribution >= 0.6 is 12.4 Å². The number of fused-ring (bicyclic) bond motifs is 1. The van der Waals surface area contributed by atoms with Crippen molar-refractivity contribution in [3.8, 4) is 16.9 Å². The fraction of sp³-hybridized carbons (Fsp3) is 0.364. The molecule has 2 aromatic carbocycles. The number of aliphatic hydroxyl groups excluding tert-OH is 1. The van der Waals surface area contributed by atoms with Crippen molar-refractivity contribution >= 4 is 46.5 Å². The molecule has 230 valence electrons. The standard InChI is InChI=1S/C33H41N5O4.ClH/c1-6-7-14-38-31-25(12-9-13-35-31)28(22-10-8-11-24(17-22)42-16-15-39)30(32(38)40)37-33(41)36-29-26(20(2)3)18-23(34)19-27(29)21(4)5;/h8-13,17-21,39H,6-7,14-16,34H2,1-5H3,(H2,36,37,41);1H. The van der Waals surface area contributed by atoms with E-state index in [1.165, 1.54) is 0 Å². The summed E-state index contributed by atoms with van der Waals surface area (Å²) in [5.74, 6) is 0.752. The number of nitrogens with one attached hydrogen (secondary N) is 2. The lowest BCUT2D eigenvalue weighted by molar-refractivity contribution is 0.201. The van der Waals surface area contributed by atoms with Gasteiger partial charge in [-0.25, -0.2) is 9.78 Å². The van der Waals surface area contributed by atoms with Gasteiger partial charge in [0, 0.05) is 35.1 Å². The summed E-state index contributed by atoms with van der Waals surface area (Å²) in [6.07, 6.45) is 3.33. The minimum atomic E-state index is -0.528. The maximum atomic E-state index is 14.1. The fourth-order valence-corrected chi connectivity index (χ4v) is 5.15. The number of amides is 2. The fourth-order valence-electron chi connectivity index (χ4n) is 5.15. The van der Waals surface area contributed by atoms with Crippen LogP contribution in [-0.2, 0) is 6.54 Å². The van der Waals surface area contributed by atoms with Crippen molar-refractivity contribution in [2.45, 2.75) is 65.8 Å². The quantitative estimate of drug-likeness (QED) is 0.134. The van der Waals surface area contributed by atoms with Crippen LogP contribution in [0.25, 0.3) is 22.2 Å². The Morgan fingerprint density at radius 1 is 1.02 bits per heavy atom. The Labute approximate surface area is 258 Å². The Morgan fingerprint density at radius 3 is 2.33 bits per heavy atom. The number of aliphatic hydroxyl groups is 1. The highest BCUT2D eigenvalue weighted by molar-refractivity contribution is 6.08. The van der Waals surface area contributed by atoms with Crippen molar-refractivity contribution in [3.63, 3.8) is 0 Å². The van der Waals surface area contributed by atoms with Crippen molar-refractivity contribution in [1.29, 1.82) is 0 Å². The molecule has 4 aromatic rings. The van der Waals surface area contributed by atoms with Gasteiger partial charge in [0.25, 0.3) is 5.56 Å². The number of unbranched alkanes of at least 4 members (excludes halogenated alkanes) is 1. The Kier molecular flexibility index (Phi) is 11.6. The van der Waals surface area contributed by atoms with Gasteiger partial charge in [0.15, 0.2) is 0 Å². The number of aromatic nitrogens is 2. The van der Waals surface area contributed by atoms with Crippen LogP contribution in [0, 0.1) is 0 Å². The third-order valence-electron chi connectivity index (χ3n) is 7.18. The van der Waals surface area contributed by atoms with Crippen molar-refractivity contribution in [2.75, 3.05) is 29.6 Å². The van der Waals surface area contributed by atoms with E-state index in [1.54, 1.807) is 22.9 Å². The third kappa shape index (κ3) is 7.47. The number of urea groups is 1. The molecule has 0 aliphatic rings. The number of pyridine rings is 2. The lowest BCUT2D eigenvalue weighted by Gasteiger charge is -2.22. The maximum Gasteiger partial charge on any atom is 0.323 e. The molecule has 0 fully saturated rings. The summed E-state index contributed by atoms with van der Waals surface area (Å²) >= 11 is 0. The summed E-state index contributed by atoms with van der Waals surface area (Å²) < 4.78 is 7.29. The van der Waals surface area contributed by atoms with E-state index in [4.69, 9.17) is 10.5 Å². The molecule has 2 aromatic heterocycles. The Morgan fingerprint density at radius 2 is 1.70 bits per heavy atom. The number of hydrogen-bond donors (Lipinski definition) is 4. The van der Waals surface area contributed by atoms with Crippen LogP contribution in [0.2, 0.25) is 0 Å².